The van der Waals surface area contributed by atoms with E-state index in [1.54, 1.807) is 13.3 Å². The fourth-order valence-electron chi connectivity index (χ4n) is 2.84. The van der Waals surface area contributed by atoms with Crippen LogP contribution in [0.2, 0.25) is 0 Å². The maximum Gasteiger partial charge on any atom is 0.310 e. The summed E-state index contributed by atoms with van der Waals surface area (Å²) in [6.07, 6.45) is 3.60. The van der Waals surface area contributed by atoms with Gasteiger partial charge >= 0.3 is 5.97 Å². The van der Waals surface area contributed by atoms with Crippen LogP contribution in [0.15, 0.2) is 23.3 Å². The molecule has 2 heterocycles. The number of nitrogens with one attached hydrogen (secondary N) is 1. The van der Waals surface area contributed by atoms with Crippen molar-refractivity contribution in [3.63, 3.8) is 0 Å². The second kappa shape index (κ2) is 9.86. The number of carbonyl (C=O) groups is 1. The number of likely N-dealkylation sites (tertiary alicyclic amines) is 1. The lowest BCUT2D eigenvalue weighted by Gasteiger charge is -2.34. The Balaban J connectivity index is 2.03. The molecule has 0 aliphatic carbocycles. The maximum atomic E-state index is 12.0. The number of hydrogen-bond donors (Lipinski definition) is 1. The first kappa shape index (κ1) is 19.0. The molecule has 1 aliphatic rings. The van der Waals surface area contributed by atoms with Crippen molar-refractivity contribution < 1.29 is 14.3 Å². The Morgan fingerprint density at radius 1 is 1.44 bits per heavy atom. The van der Waals surface area contributed by atoms with Gasteiger partial charge in [-0.1, -0.05) is 6.07 Å². The van der Waals surface area contributed by atoms with E-state index in [9.17, 15) is 4.79 Å². The fraction of sp³-hybridized carbons (Fsp3) is 0.611. The number of aromatic nitrogens is 1. The molecule has 1 aromatic rings. The lowest BCUT2D eigenvalue weighted by molar-refractivity contribution is -0.149. The number of rotatable bonds is 6. The molecule has 1 N–H and O–H groups in total. The SMILES string of the molecule is CCNC(=NCc1ccc(OC)nc1)N1CCCC(C(=O)OCC)C1. The number of pyridine rings is 1. The first-order chi connectivity index (χ1) is 12.2. The molecule has 1 atom stereocenters. The van der Waals surface area contributed by atoms with Crippen molar-refractivity contribution in [3.05, 3.63) is 23.9 Å². The Bertz CT molecular complexity index is 574. The first-order valence-electron chi connectivity index (χ1n) is 8.86. The number of hydrogen-bond acceptors (Lipinski definition) is 5. The molecule has 1 aromatic heterocycles. The van der Waals surface area contributed by atoms with Crippen LogP contribution in [0.25, 0.3) is 0 Å². The van der Waals surface area contributed by atoms with Crippen LogP contribution in [-0.2, 0) is 16.1 Å². The molecule has 7 heteroatoms. The van der Waals surface area contributed by atoms with E-state index in [0.717, 1.165) is 37.5 Å². The molecule has 1 aliphatic heterocycles. The Morgan fingerprint density at radius 3 is 2.92 bits per heavy atom. The quantitative estimate of drug-likeness (QED) is 0.480. The molecule has 1 unspecified atom stereocenters. The first-order valence-corrected chi connectivity index (χ1v) is 8.86. The highest BCUT2D eigenvalue weighted by Gasteiger charge is 2.28. The molecular formula is C18H28N4O3. The van der Waals surface area contributed by atoms with E-state index in [0.29, 0.717) is 25.6 Å². The van der Waals surface area contributed by atoms with Crippen molar-refractivity contribution in [2.24, 2.45) is 10.9 Å². The highest BCUT2D eigenvalue weighted by molar-refractivity contribution is 5.81. The van der Waals surface area contributed by atoms with Crippen LogP contribution in [0, 0.1) is 5.92 Å². The van der Waals surface area contributed by atoms with Gasteiger partial charge in [0.05, 0.1) is 26.2 Å². The molecule has 138 valence electrons. The molecule has 0 spiro atoms. The van der Waals surface area contributed by atoms with Crippen molar-refractivity contribution in [1.82, 2.24) is 15.2 Å². The summed E-state index contributed by atoms with van der Waals surface area (Å²) in [7, 11) is 1.60. The van der Waals surface area contributed by atoms with E-state index in [1.807, 2.05) is 26.0 Å². The zero-order valence-corrected chi connectivity index (χ0v) is 15.3. The van der Waals surface area contributed by atoms with Gasteiger partial charge in [0, 0.05) is 31.9 Å². The molecule has 1 saturated heterocycles. The van der Waals surface area contributed by atoms with E-state index in [-0.39, 0.29) is 11.9 Å². The van der Waals surface area contributed by atoms with Gasteiger partial charge in [0.25, 0.3) is 0 Å². The van der Waals surface area contributed by atoms with E-state index in [4.69, 9.17) is 14.5 Å². The van der Waals surface area contributed by atoms with E-state index in [2.05, 4.69) is 15.2 Å². The summed E-state index contributed by atoms with van der Waals surface area (Å²) in [5.74, 6) is 1.22. The van der Waals surface area contributed by atoms with Crippen molar-refractivity contribution >= 4 is 11.9 Å². The van der Waals surface area contributed by atoms with Gasteiger partial charge in [-0.3, -0.25) is 4.79 Å². The Morgan fingerprint density at radius 2 is 2.28 bits per heavy atom. The van der Waals surface area contributed by atoms with Crippen LogP contribution in [0.1, 0.15) is 32.3 Å². The lowest BCUT2D eigenvalue weighted by Crippen LogP contribution is -2.48. The number of nitrogens with zero attached hydrogens (tertiary/aromatic N) is 3. The van der Waals surface area contributed by atoms with Gasteiger partial charge in [0.1, 0.15) is 0 Å². The summed E-state index contributed by atoms with van der Waals surface area (Å²) < 4.78 is 10.2. The number of piperidine rings is 1. The second-order valence-corrected chi connectivity index (χ2v) is 5.92. The zero-order valence-electron chi connectivity index (χ0n) is 15.3. The number of methoxy groups -OCH3 is 1. The normalized spacial score (nSPS) is 18.0. The standard InChI is InChI=1S/C18H28N4O3/c1-4-19-18(21-12-14-8-9-16(24-3)20-11-14)22-10-6-7-15(13-22)17(23)25-5-2/h8-9,11,15H,4-7,10,12-13H2,1-3H3,(H,19,21). The fourth-order valence-corrected chi connectivity index (χ4v) is 2.84. The van der Waals surface area contributed by atoms with E-state index >= 15 is 0 Å². The molecule has 0 bridgehead atoms. The summed E-state index contributed by atoms with van der Waals surface area (Å²) in [6.45, 7) is 7.15. The number of esters is 1. The van der Waals surface area contributed by atoms with Crippen LogP contribution in [-0.4, -0.2) is 55.2 Å². The molecule has 2 rings (SSSR count). The Hall–Kier alpha value is -2.31. The molecule has 1 fully saturated rings. The number of aliphatic imine (C=N–C) groups is 1. The lowest BCUT2D eigenvalue weighted by atomic mass is 9.98. The van der Waals surface area contributed by atoms with Crippen molar-refractivity contribution in [2.45, 2.75) is 33.2 Å². The van der Waals surface area contributed by atoms with Crippen LogP contribution in [0.4, 0.5) is 0 Å². The van der Waals surface area contributed by atoms with Crippen LogP contribution < -0.4 is 10.1 Å². The minimum Gasteiger partial charge on any atom is -0.481 e. The largest absolute Gasteiger partial charge is 0.481 e. The van der Waals surface area contributed by atoms with Gasteiger partial charge in [-0.05, 0) is 32.3 Å². The minimum atomic E-state index is -0.109. The molecule has 0 saturated carbocycles. The summed E-state index contributed by atoms with van der Waals surface area (Å²) in [4.78, 5) is 23.1. The highest BCUT2D eigenvalue weighted by Crippen LogP contribution is 2.18. The third kappa shape index (κ3) is 5.62. The highest BCUT2D eigenvalue weighted by atomic mass is 16.5. The molecule has 0 radical (unpaired) electrons. The predicted octanol–water partition coefficient (Wildman–Crippen LogP) is 1.83. The van der Waals surface area contributed by atoms with Gasteiger partial charge in [-0.2, -0.15) is 0 Å². The summed E-state index contributed by atoms with van der Waals surface area (Å²) in [5, 5.41) is 3.32. The molecular weight excluding hydrogens is 320 g/mol. The maximum absolute atomic E-state index is 12.0. The van der Waals surface area contributed by atoms with Gasteiger partial charge in [0.15, 0.2) is 5.96 Å². The molecule has 0 amide bonds. The summed E-state index contributed by atoms with van der Waals surface area (Å²) in [5.41, 5.74) is 1.01. The third-order valence-corrected chi connectivity index (χ3v) is 4.09. The van der Waals surface area contributed by atoms with Gasteiger partial charge in [0.2, 0.25) is 5.88 Å². The average Bonchev–Trinajstić information content (AvgIpc) is 2.66. The summed E-state index contributed by atoms with van der Waals surface area (Å²) >= 11 is 0. The smallest absolute Gasteiger partial charge is 0.310 e. The number of ether oxygens (including phenoxy) is 2. The van der Waals surface area contributed by atoms with E-state index < -0.39 is 0 Å². The number of guanidine groups is 1. The molecule has 7 nitrogen and oxygen atoms in total. The number of carbonyl (C=O) groups excluding carboxylic acids is 1. The van der Waals surface area contributed by atoms with Gasteiger partial charge < -0.3 is 19.7 Å². The van der Waals surface area contributed by atoms with Crippen molar-refractivity contribution in [1.29, 1.82) is 0 Å². The average molecular weight is 348 g/mol. The Labute approximate surface area is 149 Å². The van der Waals surface area contributed by atoms with Crippen LogP contribution in [0.5, 0.6) is 5.88 Å². The van der Waals surface area contributed by atoms with Crippen molar-refractivity contribution in [3.8, 4) is 5.88 Å². The summed E-state index contributed by atoms with van der Waals surface area (Å²) in [6, 6.07) is 3.78. The van der Waals surface area contributed by atoms with E-state index in [1.165, 1.54) is 0 Å². The van der Waals surface area contributed by atoms with Crippen molar-refractivity contribution in [2.75, 3.05) is 33.4 Å². The van der Waals surface area contributed by atoms with Crippen LogP contribution in [0.3, 0.4) is 0 Å². The topological polar surface area (TPSA) is 76.1 Å². The molecule has 25 heavy (non-hydrogen) atoms. The second-order valence-electron chi connectivity index (χ2n) is 5.92. The third-order valence-electron chi connectivity index (χ3n) is 4.09. The van der Waals surface area contributed by atoms with Gasteiger partial charge in [-0.15, -0.1) is 0 Å². The van der Waals surface area contributed by atoms with Crippen LogP contribution >= 0.6 is 0 Å². The molecule has 0 aromatic carbocycles. The zero-order chi connectivity index (χ0) is 18.1. The van der Waals surface area contributed by atoms with Gasteiger partial charge in [-0.25, -0.2) is 9.98 Å². The minimum absolute atomic E-state index is 0.0831. The predicted molar refractivity (Wildman–Crippen MR) is 96.5 cm³/mol. The monoisotopic (exact) mass is 348 g/mol. The Kier molecular flexibility index (Phi) is 7.50.